The summed E-state index contributed by atoms with van der Waals surface area (Å²) in [5.74, 6) is -0.408. The Hall–Kier alpha value is -0.670. The number of carbonyl (C=O) groups is 1. The van der Waals surface area contributed by atoms with Gasteiger partial charge in [0.25, 0.3) is 0 Å². The first-order valence-electron chi connectivity index (χ1n) is 7.29. The number of hydrogen-bond donors (Lipinski definition) is 0. The lowest BCUT2D eigenvalue weighted by Crippen LogP contribution is -2.40. The molecule has 0 radical (unpaired) electrons. The number of rotatable bonds is 4. The van der Waals surface area contributed by atoms with E-state index in [1.54, 1.807) is 19.1 Å². The Morgan fingerprint density at radius 3 is 2.55 bits per heavy atom. The second kappa shape index (κ2) is 7.27. The normalized spacial score (nSPS) is 17.4. The molecule has 0 saturated carbocycles. The number of esters is 1. The fraction of sp³-hybridized carbons (Fsp3) is 0.533. The van der Waals surface area contributed by atoms with E-state index < -0.39 is 10.0 Å². The first-order valence-corrected chi connectivity index (χ1v) is 9.81. The Bertz CT molecular complexity index is 652. The number of carbonyl (C=O) groups excluding carboxylic acids is 1. The topological polar surface area (TPSA) is 63.7 Å². The average molecular weight is 437 g/mol. The number of aryl methyl sites for hydroxylation is 1. The first kappa shape index (κ1) is 17.7. The van der Waals surface area contributed by atoms with Gasteiger partial charge in [0, 0.05) is 16.7 Å². The summed E-state index contributed by atoms with van der Waals surface area (Å²) in [5.41, 5.74) is 0.947. The summed E-state index contributed by atoms with van der Waals surface area (Å²) >= 11 is 2.18. The summed E-state index contributed by atoms with van der Waals surface area (Å²) in [6.45, 7) is 4.75. The largest absolute Gasteiger partial charge is 0.466 e. The summed E-state index contributed by atoms with van der Waals surface area (Å²) in [4.78, 5) is 12.0. The Morgan fingerprint density at radius 2 is 2.00 bits per heavy atom. The molecule has 1 aromatic rings. The van der Waals surface area contributed by atoms with E-state index in [9.17, 15) is 13.2 Å². The molecule has 0 amide bonds. The zero-order valence-electron chi connectivity index (χ0n) is 12.7. The molecule has 0 bridgehead atoms. The van der Waals surface area contributed by atoms with Crippen LogP contribution in [0.3, 0.4) is 0 Å². The van der Waals surface area contributed by atoms with Gasteiger partial charge >= 0.3 is 5.97 Å². The van der Waals surface area contributed by atoms with Gasteiger partial charge in [-0.15, -0.1) is 0 Å². The number of hydrogen-bond acceptors (Lipinski definition) is 4. The van der Waals surface area contributed by atoms with Gasteiger partial charge in [-0.25, -0.2) is 8.42 Å². The van der Waals surface area contributed by atoms with E-state index in [4.69, 9.17) is 4.74 Å². The lowest BCUT2D eigenvalue weighted by molar-refractivity contribution is -0.149. The Balaban J connectivity index is 2.09. The lowest BCUT2D eigenvalue weighted by Gasteiger charge is -2.30. The van der Waals surface area contributed by atoms with Gasteiger partial charge in [0.1, 0.15) is 0 Å². The van der Waals surface area contributed by atoms with Gasteiger partial charge in [0.2, 0.25) is 10.0 Å². The van der Waals surface area contributed by atoms with Crippen molar-refractivity contribution in [3.63, 3.8) is 0 Å². The molecule has 122 valence electrons. The first-order chi connectivity index (χ1) is 10.4. The van der Waals surface area contributed by atoms with Crippen molar-refractivity contribution in [3.8, 4) is 0 Å². The molecular weight excluding hydrogens is 417 g/mol. The van der Waals surface area contributed by atoms with Crippen LogP contribution in [0.4, 0.5) is 0 Å². The van der Waals surface area contributed by atoms with Crippen LogP contribution in [0.15, 0.2) is 23.1 Å². The molecule has 1 fully saturated rings. The van der Waals surface area contributed by atoms with Crippen LogP contribution in [0.2, 0.25) is 0 Å². The van der Waals surface area contributed by atoms with E-state index in [0.717, 1.165) is 9.13 Å². The molecule has 1 saturated heterocycles. The molecular formula is C15H20INO4S. The van der Waals surface area contributed by atoms with Crippen molar-refractivity contribution >= 4 is 38.6 Å². The zero-order valence-corrected chi connectivity index (χ0v) is 15.7. The molecule has 0 unspecified atom stereocenters. The highest BCUT2D eigenvalue weighted by molar-refractivity contribution is 14.1. The summed E-state index contributed by atoms with van der Waals surface area (Å²) < 4.78 is 32.8. The minimum atomic E-state index is -3.48. The van der Waals surface area contributed by atoms with Crippen LogP contribution in [-0.2, 0) is 19.6 Å². The van der Waals surface area contributed by atoms with Gasteiger partial charge in [-0.1, -0.05) is 0 Å². The lowest BCUT2D eigenvalue weighted by atomic mass is 9.98. The van der Waals surface area contributed by atoms with Gasteiger partial charge in [-0.2, -0.15) is 4.31 Å². The third-order valence-corrected chi connectivity index (χ3v) is 6.95. The van der Waals surface area contributed by atoms with E-state index in [1.807, 2.05) is 13.0 Å². The highest BCUT2D eigenvalue weighted by Crippen LogP contribution is 2.26. The van der Waals surface area contributed by atoms with Crippen LogP contribution in [-0.4, -0.2) is 38.4 Å². The maximum Gasteiger partial charge on any atom is 0.309 e. The van der Waals surface area contributed by atoms with Crippen LogP contribution in [0, 0.1) is 16.4 Å². The number of benzene rings is 1. The standard InChI is InChI=1S/C15H20INO4S/c1-3-21-15(18)12-6-8-17(9-7-12)22(19,20)13-4-5-14(16)11(2)10-13/h4-5,10,12H,3,6-9H2,1-2H3. The van der Waals surface area contributed by atoms with Crippen molar-refractivity contribution < 1.29 is 17.9 Å². The van der Waals surface area contributed by atoms with E-state index >= 15 is 0 Å². The zero-order chi connectivity index (χ0) is 16.3. The predicted molar refractivity (Wildman–Crippen MR) is 92.0 cm³/mol. The van der Waals surface area contributed by atoms with Crippen molar-refractivity contribution in [1.29, 1.82) is 0 Å². The molecule has 7 heteroatoms. The molecule has 1 aliphatic rings. The van der Waals surface area contributed by atoms with Crippen LogP contribution in [0.25, 0.3) is 0 Å². The van der Waals surface area contributed by atoms with E-state index in [2.05, 4.69) is 22.6 Å². The summed E-state index contributed by atoms with van der Waals surface area (Å²) in [6.07, 6.45) is 1.03. The fourth-order valence-electron chi connectivity index (χ4n) is 2.52. The molecule has 1 aromatic carbocycles. The third-order valence-electron chi connectivity index (χ3n) is 3.84. The second-order valence-electron chi connectivity index (χ2n) is 5.34. The van der Waals surface area contributed by atoms with Gasteiger partial charge < -0.3 is 4.74 Å². The Labute approximate surface area is 145 Å². The summed E-state index contributed by atoms with van der Waals surface area (Å²) in [5, 5.41) is 0. The van der Waals surface area contributed by atoms with Crippen LogP contribution in [0.1, 0.15) is 25.3 Å². The number of halogens is 1. The van der Waals surface area contributed by atoms with Crippen molar-refractivity contribution in [2.45, 2.75) is 31.6 Å². The molecule has 0 N–H and O–H groups in total. The number of nitrogens with zero attached hydrogens (tertiary/aromatic N) is 1. The molecule has 1 heterocycles. The highest BCUT2D eigenvalue weighted by Gasteiger charge is 2.32. The SMILES string of the molecule is CCOC(=O)C1CCN(S(=O)(=O)c2ccc(I)c(C)c2)CC1. The van der Waals surface area contributed by atoms with E-state index in [1.165, 1.54) is 4.31 Å². The minimum absolute atomic E-state index is 0.190. The van der Waals surface area contributed by atoms with Gasteiger partial charge in [-0.3, -0.25) is 4.79 Å². The van der Waals surface area contributed by atoms with Gasteiger partial charge in [0.05, 0.1) is 17.4 Å². The quantitative estimate of drug-likeness (QED) is 0.537. The molecule has 0 aliphatic carbocycles. The molecule has 22 heavy (non-hydrogen) atoms. The average Bonchev–Trinajstić information content (AvgIpc) is 2.50. The molecule has 0 aromatic heterocycles. The van der Waals surface area contributed by atoms with E-state index in [-0.39, 0.29) is 11.9 Å². The van der Waals surface area contributed by atoms with Crippen molar-refractivity contribution in [3.05, 3.63) is 27.3 Å². The third kappa shape index (κ3) is 3.80. The summed E-state index contributed by atoms with van der Waals surface area (Å²) in [6, 6.07) is 5.16. The number of sulfonamides is 1. The fourth-order valence-corrected chi connectivity index (χ4v) is 4.41. The Kier molecular flexibility index (Phi) is 5.84. The minimum Gasteiger partial charge on any atom is -0.466 e. The van der Waals surface area contributed by atoms with Crippen molar-refractivity contribution in [2.24, 2.45) is 5.92 Å². The number of piperidine rings is 1. The summed E-state index contributed by atoms with van der Waals surface area (Å²) in [7, 11) is -3.48. The maximum absolute atomic E-state index is 12.7. The molecule has 0 atom stereocenters. The van der Waals surface area contributed by atoms with Crippen molar-refractivity contribution in [2.75, 3.05) is 19.7 Å². The van der Waals surface area contributed by atoms with Crippen LogP contribution < -0.4 is 0 Å². The molecule has 5 nitrogen and oxygen atoms in total. The second-order valence-corrected chi connectivity index (χ2v) is 8.44. The van der Waals surface area contributed by atoms with E-state index in [0.29, 0.717) is 37.4 Å². The monoisotopic (exact) mass is 437 g/mol. The maximum atomic E-state index is 12.7. The van der Waals surface area contributed by atoms with Gasteiger partial charge in [0.15, 0.2) is 0 Å². The van der Waals surface area contributed by atoms with Crippen LogP contribution in [0.5, 0.6) is 0 Å². The molecule has 0 spiro atoms. The highest BCUT2D eigenvalue weighted by atomic mass is 127. The molecule has 2 rings (SSSR count). The van der Waals surface area contributed by atoms with Gasteiger partial charge in [-0.05, 0) is 73.0 Å². The Morgan fingerprint density at radius 1 is 1.36 bits per heavy atom. The smallest absolute Gasteiger partial charge is 0.309 e. The number of ether oxygens (including phenoxy) is 1. The molecule has 1 aliphatic heterocycles. The van der Waals surface area contributed by atoms with Crippen molar-refractivity contribution in [1.82, 2.24) is 4.31 Å². The van der Waals surface area contributed by atoms with Crippen LogP contribution >= 0.6 is 22.6 Å². The predicted octanol–water partition coefficient (Wildman–Crippen LogP) is 2.56.